The van der Waals surface area contributed by atoms with Crippen molar-refractivity contribution in [3.8, 4) is 5.75 Å². The van der Waals surface area contributed by atoms with Crippen molar-refractivity contribution in [2.24, 2.45) is 0 Å². The number of esters is 1. The molecule has 0 unspecified atom stereocenters. The molecule has 0 amide bonds. The van der Waals surface area contributed by atoms with E-state index in [1.165, 1.54) is 6.92 Å². The van der Waals surface area contributed by atoms with Crippen LogP contribution in [0.5, 0.6) is 5.75 Å². The largest absolute Gasteiger partial charge is 0.497 e. The molecule has 0 radical (unpaired) electrons. The molecular formula is C12H14O4. The summed E-state index contributed by atoms with van der Waals surface area (Å²) >= 11 is 0. The molecule has 0 fully saturated rings. The summed E-state index contributed by atoms with van der Waals surface area (Å²) in [5.74, 6) is -0.0103. The molecule has 1 aromatic rings. The molecule has 16 heavy (non-hydrogen) atoms. The Labute approximate surface area is 94.2 Å². The molecule has 0 saturated heterocycles. The molecule has 0 bridgehead atoms. The monoisotopic (exact) mass is 222 g/mol. The highest BCUT2D eigenvalue weighted by Gasteiger charge is 2.17. The van der Waals surface area contributed by atoms with E-state index in [1.54, 1.807) is 38.3 Å². The SMILES string of the molecule is COc1ccc(C(=O)[C@H](C)OC(C)=O)cc1. The molecule has 0 aliphatic carbocycles. The van der Waals surface area contributed by atoms with E-state index in [-0.39, 0.29) is 5.78 Å². The van der Waals surface area contributed by atoms with Gasteiger partial charge in [0, 0.05) is 12.5 Å². The van der Waals surface area contributed by atoms with Crippen LogP contribution in [0, 0.1) is 0 Å². The molecule has 0 N–H and O–H groups in total. The Morgan fingerprint density at radius 2 is 1.75 bits per heavy atom. The second kappa shape index (κ2) is 5.30. The first kappa shape index (κ1) is 12.2. The molecular weight excluding hydrogens is 208 g/mol. The van der Waals surface area contributed by atoms with Gasteiger partial charge in [0.25, 0.3) is 0 Å². The summed E-state index contributed by atoms with van der Waals surface area (Å²) in [6, 6.07) is 6.66. The molecule has 0 aliphatic rings. The summed E-state index contributed by atoms with van der Waals surface area (Å²) < 4.78 is 9.78. The van der Waals surface area contributed by atoms with Crippen LogP contribution in [-0.2, 0) is 9.53 Å². The molecule has 1 aromatic carbocycles. The lowest BCUT2D eigenvalue weighted by Crippen LogP contribution is -2.22. The molecule has 0 spiro atoms. The van der Waals surface area contributed by atoms with Crippen LogP contribution in [0.2, 0.25) is 0 Å². The first-order valence-electron chi connectivity index (χ1n) is 4.90. The third-order valence-electron chi connectivity index (χ3n) is 2.09. The Kier molecular flexibility index (Phi) is 4.05. The zero-order valence-electron chi connectivity index (χ0n) is 9.52. The highest BCUT2D eigenvalue weighted by Crippen LogP contribution is 2.13. The average Bonchev–Trinajstić information content (AvgIpc) is 2.27. The fourth-order valence-corrected chi connectivity index (χ4v) is 1.29. The van der Waals surface area contributed by atoms with Gasteiger partial charge >= 0.3 is 5.97 Å². The van der Waals surface area contributed by atoms with E-state index in [1.807, 2.05) is 0 Å². The van der Waals surface area contributed by atoms with Crippen molar-refractivity contribution in [3.63, 3.8) is 0 Å². The summed E-state index contributed by atoms with van der Waals surface area (Å²) in [7, 11) is 1.55. The molecule has 0 saturated carbocycles. The van der Waals surface area contributed by atoms with E-state index in [2.05, 4.69) is 0 Å². The number of methoxy groups -OCH3 is 1. The lowest BCUT2D eigenvalue weighted by atomic mass is 10.1. The molecule has 0 aromatic heterocycles. The standard InChI is InChI=1S/C12H14O4/c1-8(16-9(2)13)12(14)10-4-6-11(15-3)7-5-10/h4-8H,1-3H3/t8-/m0/s1. The summed E-state index contributed by atoms with van der Waals surface area (Å²) in [4.78, 5) is 22.5. The zero-order chi connectivity index (χ0) is 12.1. The van der Waals surface area contributed by atoms with E-state index < -0.39 is 12.1 Å². The van der Waals surface area contributed by atoms with Crippen LogP contribution >= 0.6 is 0 Å². The Morgan fingerprint density at radius 1 is 1.19 bits per heavy atom. The number of Topliss-reactive ketones (excluding diaryl/α,β-unsaturated/α-hetero) is 1. The number of carbonyl (C=O) groups excluding carboxylic acids is 2. The van der Waals surface area contributed by atoms with Crippen LogP contribution in [0.4, 0.5) is 0 Å². The smallest absolute Gasteiger partial charge is 0.303 e. The van der Waals surface area contributed by atoms with Crippen LogP contribution in [0.3, 0.4) is 0 Å². The predicted octanol–water partition coefficient (Wildman–Crippen LogP) is 1.83. The van der Waals surface area contributed by atoms with Crippen LogP contribution in [0.25, 0.3) is 0 Å². The quantitative estimate of drug-likeness (QED) is 0.576. The maximum atomic E-state index is 11.8. The zero-order valence-corrected chi connectivity index (χ0v) is 9.52. The van der Waals surface area contributed by atoms with Gasteiger partial charge in [-0.3, -0.25) is 9.59 Å². The highest BCUT2D eigenvalue weighted by molar-refractivity contribution is 6.00. The first-order valence-corrected chi connectivity index (χ1v) is 4.90. The molecule has 0 heterocycles. The molecule has 4 heteroatoms. The van der Waals surface area contributed by atoms with Crippen LogP contribution in [0.15, 0.2) is 24.3 Å². The second-order valence-corrected chi connectivity index (χ2v) is 3.34. The van der Waals surface area contributed by atoms with E-state index in [4.69, 9.17) is 9.47 Å². The summed E-state index contributed by atoms with van der Waals surface area (Å²) in [6.07, 6.45) is -0.758. The van der Waals surface area contributed by atoms with Gasteiger partial charge in [0.05, 0.1) is 7.11 Å². The number of hydrogen-bond acceptors (Lipinski definition) is 4. The van der Waals surface area contributed by atoms with Crippen LogP contribution in [-0.4, -0.2) is 25.0 Å². The van der Waals surface area contributed by atoms with Crippen molar-refractivity contribution in [1.82, 2.24) is 0 Å². The van der Waals surface area contributed by atoms with E-state index >= 15 is 0 Å². The molecule has 86 valence electrons. The van der Waals surface area contributed by atoms with Crippen molar-refractivity contribution in [2.75, 3.05) is 7.11 Å². The minimum atomic E-state index is -0.758. The number of ketones is 1. The Morgan fingerprint density at radius 3 is 2.19 bits per heavy atom. The van der Waals surface area contributed by atoms with Gasteiger partial charge in [0.15, 0.2) is 6.10 Å². The second-order valence-electron chi connectivity index (χ2n) is 3.34. The molecule has 0 aliphatic heterocycles. The Hall–Kier alpha value is -1.84. The number of hydrogen-bond donors (Lipinski definition) is 0. The van der Waals surface area contributed by atoms with Gasteiger partial charge in [-0.25, -0.2) is 0 Å². The Bertz CT molecular complexity index is 381. The number of rotatable bonds is 4. The summed E-state index contributed by atoms with van der Waals surface area (Å²) in [5, 5.41) is 0. The number of carbonyl (C=O) groups is 2. The number of ether oxygens (including phenoxy) is 2. The van der Waals surface area contributed by atoms with Gasteiger partial charge in [0.2, 0.25) is 5.78 Å². The van der Waals surface area contributed by atoms with Gasteiger partial charge < -0.3 is 9.47 Å². The third kappa shape index (κ3) is 3.08. The molecule has 1 atom stereocenters. The van der Waals surface area contributed by atoms with E-state index in [9.17, 15) is 9.59 Å². The van der Waals surface area contributed by atoms with Gasteiger partial charge in [-0.2, -0.15) is 0 Å². The van der Waals surface area contributed by atoms with Gasteiger partial charge in [-0.05, 0) is 31.2 Å². The fraction of sp³-hybridized carbons (Fsp3) is 0.333. The summed E-state index contributed by atoms with van der Waals surface area (Å²) in [5.41, 5.74) is 0.495. The van der Waals surface area contributed by atoms with Gasteiger partial charge in [-0.15, -0.1) is 0 Å². The van der Waals surface area contributed by atoms with Crippen molar-refractivity contribution < 1.29 is 19.1 Å². The van der Waals surface area contributed by atoms with Crippen molar-refractivity contribution in [2.45, 2.75) is 20.0 Å². The van der Waals surface area contributed by atoms with Crippen LogP contribution in [0.1, 0.15) is 24.2 Å². The lowest BCUT2D eigenvalue weighted by Gasteiger charge is -2.10. The minimum absolute atomic E-state index is 0.224. The Balaban J connectivity index is 2.75. The highest BCUT2D eigenvalue weighted by atomic mass is 16.5. The maximum absolute atomic E-state index is 11.8. The molecule has 4 nitrogen and oxygen atoms in total. The maximum Gasteiger partial charge on any atom is 0.303 e. The normalized spacial score (nSPS) is 11.7. The molecule has 1 rings (SSSR count). The van der Waals surface area contributed by atoms with Crippen LogP contribution < -0.4 is 4.74 Å². The first-order chi connectivity index (χ1) is 7.54. The summed E-state index contributed by atoms with van der Waals surface area (Å²) in [6.45, 7) is 2.83. The van der Waals surface area contributed by atoms with Crippen molar-refractivity contribution in [3.05, 3.63) is 29.8 Å². The topological polar surface area (TPSA) is 52.6 Å². The van der Waals surface area contributed by atoms with Gasteiger partial charge in [-0.1, -0.05) is 0 Å². The lowest BCUT2D eigenvalue weighted by molar-refractivity contribution is -0.143. The van der Waals surface area contributed by atoms with Gasteiger partial charge in [0.1, 0.15) is 5.75 Å². The van der Waals surface area contributed by atoms with Crippen molar-refractivity contribution >= 4 is 11.8 Å². The predicted molar refractivity (Wildman–Crippen MR) is 58.6 cm³/mol. The minimum Gasteiger partial charge on any atom is -0.497 e. The fourth-order valence-electron chi connectivity index (χ4n) is 1.29. The van der Waals surface area contributed by atoms with E-state index in [0.29, 0.717) is 11.3 Å². The van der Waals surface area contributed by atoms with Crippen molar-refractivity contribution in [1.29, 1.82) is 0 Å². The number of benzene rings is 1. The van der Waals surface area contributed by atoms with E-state index in [0.717, 1.165) is 0 Å². The third-order valence-corrected chi connectivity index (χ3v) is 2.09. The average molecular weight is 222 g/mol.